The Bertz CT molecular complexity index is 1450. The van der Waals surface area contributed by atoms with Gasteiger partial charge in [0, 0.05) is 17.8 Å². The van der Waals surface area contributed by atoms with Gasteiger partial charge in [0.2, 0.25) is 5.91 Å². The Morgan fingerprint density at radius 2 is 1.94 bits per heavy atom. The van der Waals surface area contributed by atoms with Crippen molar-refractivity contribution in [2.45, 2.75) is 20.0 Å². The largest absolute Gasteiger partial charge is 0.497 e. The van der Waals surface area contributed by atoms with Crippen LogP contribution in [0.5, 0.6) is 5.75 Å². The second kappa shape index (κ2) is 9.19. The number of aryl methyl sites for hydroxylation is 1. The lowest BCUT2D eigenvalue weighted by Gasteiger charge is -2.06. The van der Waals surface area contributed by atoms with Crippen molar-refractivity contribution < 1.29 is 9.53 Å². The van der Waals surface area contributed by atoms with Gasteiger partial charge in [0.25, 0.3) is 0 Å². The molecule has 5 aromatic rings. The number of carbonyl (C=O) groups is 1. The lowest BCUT2D eigenvalue weighted by Crippen LogP contribution is -2.19. The number of hydrogen-bond acceptors (Lipinski definition) is 5. The minimum Gasteiger partial charge on any atom is -0.497 e. The summed E-state index contributed by atoms with van der Waals surface area (Å²) >= 11 is 0. The minimum absolute atomic E-state index is 0.0522. The van der Waals surface area contributed by atoms with Gasteiger partial charge in [-0.25, -0.2) is 9.67 Å². The lowest BCUT2D eigenvalue weighted by molar-refractivity contribution is -0.116. The van der Waals surface area contributed by atoms with Crippen molar-refractivity contribution in [3.8, 4) is 16.9 Å². The van der Waals surface area contributed by atoms with Crippen LogP contribution in [0.2, 0.25) is 0 Å². The van der Waals surface area contributed by atoms with Crippen molar-refractivity contribution in [1.29, 1.82) is 0 Å². The highest BCUT2D eigenvalue weighted by Gasteiger charge is 2.16. The van der Waals surface area contributed by atoms with Gasteiger partial charge in [0.05, 0.1) is 31.2 Å². The molecule has 0 spiro atoms. The second-order valence-corrected chi connectivity index (χ2v) is 7.99. The van der Waals surface area contributed by atoms with Crippen molar-refractivity contribution in [2.24, 2.45) is 0 Å². The topological polar surface area (TPSA) is 86.9 Å². The zero-order valence-electron chi connectivity index (χ0n) is 19.0. The first kappa shape index (κ1) is 21.4. The minimum atomic E-state index is -0.197. The summed E-state index contributed by atoms with van der Waals surface area (Å²) in [6, 6.07) is 19.9. The van der Waals surface area contributed by atoms with Crippen LogP contribution < -0.4 is 10.1 Å². The quantitative estimate of drug-likeness (QED) is 0.398. The average Bonchev–Trinajstić information content (AvgIpc) is 3.43. The van der Waals surface area contributed by atoms with E-state index in [2.05, 4.69) is 32.6 Å². The van der Waals surface area contributed by atoms with Crippen LogP contribution >= 0.6 is 0 Å². The van der Waals surface area contributed by atoms with Gasteiger partial charge < -0.3 is 10.1 Å². The predicted octanol–water partition coefficient (Wildman–Crippen LogP) is 4.30. The van der Waals surface area contributed by atoms with Crippen molar-refractivity contribution in [3.05, 3.63) is 90.5 Å². The fourth-order valence-corrected chi connectivity index (χ4v) is 4.06. The third kappa shape index (κ3) is 4.38. The number of nitrogens with zero attached hydrogens (tertiary/aromatic N) is 5. The van der Waals surface area contributed by atoms with E-state index in [1.54, 1.807) is 35.1 Å². The summed E-state index contributed by atoms with van der Waals surface area (Å²) in [7, 11) is 1.64. The van der Waals surface area contributed by atoms with Gasteiger partial charge >= 0.3 is 0 Å². The highest BCUT2D eigenvalue weighted by molar-refractivity contribution is 5.96. The highest BCUT2D eigenvalue weighted by atomic mass is 16.5. The first-order valence-electron chi connectivity index (χ1n) is 10.9. The maximum Gasteiger partial charge on any atom is 0.246 e. The third-order valence-corrected chi connectivity index (χ3v) is 5.58. The van der Waals surface area contributed by atoms with E-state index >= 15 is 0 Å². The molecule has 0 bridgehead atoms. The molecule has 0 saturated heterocycles. The molecule has 0 unspecified atom stereocenters. The predicted molar refractivity (Wildman–Crippen MR) is 131 cm³/mol. The van der Waals surface area contributed by atoms with Crippen LogP contribution in [-0.2, 0) is 17.9 Å². The molecular weight excluding hydrogens is 428 g/mol. The summed E-state index contributed by atoms with van der Waals surface area (Å²) in [5.74, 6) is 0.598. The lowest BCUT2D eigenvalue weighted by atomic mass is 10.0. The van der Waals surface area contributed by atoms with Crippen molar-refractivity contribution in [3.63, 3.8) is 0 Å². The molecule has 3 heterocycles. The number of carbonyl (C=O) groups excluding carboxylic acids is 1. The SMILES string of the molecule is COc1cccc(Cn2cc(NC(=O)Cn3nc(C)c4c(-c5ccccc5)ccnc43)cn2)c1. The summed E-state index contributed by atoms with van der Waals surface area (Å²) < 4.78 is 8.69. The van der Waals surface area contributed by atoms with Crippen LogP contribution in [0.1, 0.15) is 11.3 Å². The van der Waals surface area contributed by atoms with Gasteiger partial charge in [-0.2, -0.15) is 10.2 Å². The molecule has 34 heavy (non-hydrogen) atoms. The van der Waals surface area contributed by atoms with E-state index < -0.39 is 0 Å². The molecule has 0 aliphatic rings. The number of benzene rings is 2. The number of nitrogens with one attached hydrogen (secondary N) is 1. The van der Waals surface area contributed by atoms with Gasteiger partial charge in [-0.05, 0) is 41.8 Å². The van der Waals surface area contributed by atoms with Crippen LogP contribution in [-0.4, -0.2) is 37.6 Å². The Morgan fingerprint density at radius 1 is 1.09 bits per heavy atom. The molecule has 0 radical (unpaired) electrons. The Balaban J connectivity index is 1.31. The third-order valence-electron chi connectivity index (χ3n) is 5.58. The Kier molecular flexibility index (Phi) is 5.78. The van der Waals surface area contributed by atoms with Crippen LogP contribution in [0, 0.1) is 6.92 Å². The summed E-state index contributed by atoms with van der Waals surface area (Å²) in [5.41, 5.74) is 5.33. The van der Waals surface area contributed by atoms with E-state index in [0.717, 1.165) is 33.5 Å². The number of anilines is 1. The number of rotatable bonds is 7. The van der Waals surface area contributed by atoms with E-state index in [-0.39, 0.29) is 12.5 Å². The second-order valence-electron chi connectivity index (χ2n) is 7.99. The zero-order chi connectivity index (χ0) is 23.5. The summed E-state index contributed by atoms with van der Waals surface area (Å²) in [6.07, 6.45) is 5.19. The Morgan fingerprint density at radius 3 is 2.76 bits per heavy atom. The van der Waals surface area contributed by atoms with E-state index in [9.17, 15) is 4.79 Å². The molecule has 1 amide bonds. The fourth-order valence-electron chi connectivity index (χ4n) is 4.06. The molecule has 3 aromatic heterocycles. The molecule has 0 fully saturated rings. The van der Waals surface area contributed by atoms with Crippen LogP contribution in [0.3, 0.4) is 0 Å². The fraction of sp³-hybridized carbons (Fsp3) is 0.154. The van der Waals surface area contributed by atoms with E-state index in [0.29, 0.717) is 17.9 Å². The number of pyridine rings is 1. The van der Waals surface area contributed by atoms with Gasteiger partial charge in [0.15, 0.2) is 5.65 Å². The molecular formula is C26H24N6O2. The normalized spacial score (nSPS) is 11.0. The number of aromatic nitrogens is 5. The van der Waals surface area contributed by atoms with Gasteiger partial charge in [-0.3, -0.25) is 9.48 Å². The summed E-state index contributed by atoms with van der Waals surface area (Å²) in [5, 5.41) is 12.8. The molecule has 0 aliphatic heterocycles. The number of amides is 1. The number of hydrogen-bond donors (Lipinski definition) is 1. The monoisotopic (exact) mass is 452 g/mol. The van der Waals surface area contributed by atoms with Gasteiger partial charge in [0.1, 0.15) is 12.3 Å². The molecule has 0 aliphatic carbocycles. The number of methoxy groups -OCH3 is 1. The zero-order valence-corrected chi connectivity index (χ0v) is 19.0. The summed E-state index contributed by atoms with van der Waals surface area (Å²) in [6.45, 7) is 2.56. The molecule has 8 heteroatoms. The van der Waals surface area contributed by atoms with Crippen molar-refractivity contribution >= 4 is 22.6 Å². The van der Waals surface area contributed by atoms with E-state index in [1.165, 1.54) is 0 Å². The van der Waals surface area contributed by atoms with Crippen molar-refractivity contribution in [1.82, 2.24) is 24.5 Å². The van der Waals surface area contributed by atoms with Gasteiger partial charge in [-0.1, -0.05) is 42.5 Å². The standard InChI is InChI=1S/C26H24N6O2/c1-18-25-23(20-8-4-3-5-9-20)11-12-27-26(25)32(30-18)17-24(33)29-21-14-28-31(16-21)15-19-7-6-10-22(13-19)34-2/h3-14,16H,15,17H2,1-2H3,(H,29,33). The van der Waals surface area contributed by atoms with E-state index in [1.807, 2.05) is 55.5 Å². The average molecular weight is 453 g/mol. The molecule has 1 N–H and O–H groups in total. The Hall–Kier alpha value is -4.46. The maximum absolute atomic E-state index is 12.8. The van der Waals surface area contributed by atoms with Crippen LogP contribution in [0.4, 0.5) is 5.69 Å². The molecule has 0 saturated carbocycles. The maximum atomic E-state index is 12.8. The van der Waals surface area contributed by atoms with Crippen molar-refractivity contribution in [2.75, 3.05) is 12.4 Å². The number of ether oxygens (including phenoxy) is 1. The Labute approximate surface area is 196 Å². The smallest absolute Gasteiger partial charge is 0.246 e. The molecule has 8 nitrogen and oxygen atoms in total. The molecule has 2 aromatic carbocycles. The number of fused-ring (bicyclic) bond motifs is 1. The first-order chi connectivity index (χ1) is 16.6. The summed E-state index contributed by atoms with van der Waals surface area (Å²) in [4.78, 5) is 17.3. The highest BCUT2D eigenvalue weighted by Crippen LogP contribution is 2.29. The first-order valence-corrected chi connectivity index (χ1v) is 10.9. The van der Waals surface area contributed by atoms with E-state index in [4.69, 9.17) is 4.74 Å². The molecule has 0 atom stereocenters. The molecule has 170 valence electrons. The molecule has 5 rings (SSSR count). The van der Waals surface area contributed by atoms with Gasteiger partial charge in [-0.15, -0.1) is 0 Å². The van der Waals surface area contributed by atoms with Crippen LogP contribution in [0.25, 0.3) is 22.2 Å². The van der Waals surface area contributed by atoms with Crippen LogP contribution in [0.15, 0.2) is 79.3 Å².